The monoisotopic (exact) mass is 225 g/mol. The summed E-state index contributed by atoms with van der Waals surface area (Å²) in [5.74, 6) is 0. The van der Waals surface area contributed by atoms with Crippen molar-refractivity contribution in [3.8, 4) is 0 Å². The number of rotatable bonds is 2. The van der Waals surface area contributed by atoms with Crippen LogP contribution in [0.3, 0.4) is 0 Å². The van der Waals surface area contributed by atoms with Gasteiger partial charge in [0.05, 0.1) is 0 Å². The minimum absolute atomic E-state index is 0.105. The van der Waals surface area contributed by atoms with Crippen molar-refractivity contribution in [2.24, 2.45) is 5.41 Å². The van der Waals surface area contributed by atoms with Crippen LogP contribution in [0.1, 0.15) is 25.1 Å². The summed E-state index contributed by atoms with van der Waals surface area (Å²) in [6.45, 7) is 10.3. The second-order valence-electron chi connectivity index (χ2n) is 5.08. The van der Waals surface area contributed by atoms with E-state index in [2.05, 4.69) is 62.7 Å². The highest BCUT2D eigenvalue weighted by molar-refractivity contribution is 5.57. The molecular formula is C16H19N. The van der Waals surface area contributed by atoms with E-state index < -0.39 is 0 Å². The fraction of sp³-hybridized carbons (Fsp3) is 0.250. The Kier molecular flexibility index (Phi) is 2.93. The summed E-state index contributed by atoms with van der Waals surface area (Å²) >= 11 is 0. The third kappa shape index (κ3) is 2.33. The lowest BCUT2D eigenvalue weighted by atomic mass is 9.92. The van der Waals surface area contributed by atoms with Crippen molar-refractivity contribution in [1.82, 2.24) is 4.98 Å². The Hall–Kier alpha value is -1.76. The Morgan fingerprint density at radius 2 is 2.12 bits per heavy atom. The Morgan fingerprint density at radius 1 is 1.35 bits per heavy atom. The minimum Gasteiger partial charge on any atom is -0.355 e. The van der Waals surface area contributed by atoms with E-state index in [9.17, 15) is 0 Å². The number of allylic oxidation sites excluding steroid dienone is 4. The van der Waals surface area contributed by atoms with Crippen molar-refractivity contribution in [1.29, 1.82) is 0 Å². The van der Waals surface area contributed by atoms with E-state index in [1.165, 1.54) is 16.1 Å². The van der Waals surface area contributed by atoms with Gasteiger partial charge in [-0.2, -0.15) is 0 Å². The highest BCUT2D eigenvalue weighted by Crippen LogP contribution is 2.20. The zero-order valence-corrected chi connectivity index (χ0v) is 10.7. The molecule has 0 saturated heterocycles. The first kappa shape index (κ1) is 11.7. The summed E-state index contributed by atoms with van der Waals surface area (Å²) < 4.78 is 0. The van der Waals surface area contributed by atoms with E-state index >= 15 is 0 Å². The molecule has 0 spiro atoms. The Morgan fingerprint density at radius 3 is 2.82 bits per heavy atom. The molecule has 1 aromatic heterocycles. The van der Waals surface area contributed by atoms with Crippen molar-refractivity contribution >= 4 is 18.2 Å². The van der Waals surface area contributed by atoms with E-state index in [1.807, 2.05) is 6.08 Å². The maximum absolute atomic E-state index is 3.70. The quantitative estimate of drug-likeness (QED) is 0.745. The number of hydrogen-bond acceptors (Lipinski definition) is 0. The summed E-state index contributed by atoms with van der Waals surface area (Å²) in [6.07, 6.45) is 14.6. The van der Waals surface area contributed by atoms with Crippen LogP contribution in [0.15, 0.2) is 30.9 Å². The lowest BCUT2D eigenvalue weighted by Crippen LogP contribution is -2.25. The summed E-state index contributed by atoms with van der Waals surface area (Å²) in [5.41, 5.74) is 2.56. The van der Waals surface area contributed by atoms with Gasteiger partial charge in [0.2, 0.25) is 0 Å². The number of fused-ring (bicyclic) bond motifs is 1. The normalized spacial score (nSPS) is 17.1. The smallest absolute Gasteiger partial charge is 0.0458 e. The SMILES string of the molecule is C=C/C=C\c1[nH]c2c(c1C)=CC(C)(C)C=CC=2. The minimum atomic E-state index is 0.105. The van der Waals surface area contributed by atoms with Gasteiger partial charge in [0.1, 0.15) is 0 Å². The molecule has 1 heteroatoms. The number of aromatic nitrogens is 1. The Balaban J connectivity index is 2.69. The number of hydrogen-bond donors (Lipinski definition) is 1. The van der Waals surface area contributed by atoms with Gasteiger partial charge in [0.15, 0.2) is 0 Å². The van der Waals surface area contributed by atoms with E-state index in [0.29, 0.717) is 0 Å². The molecule has 0 unspecified atom stereocenters. The van der Waals surface area contributed by atoms with Crippen molar-refractivity contribution < 1.29 is 0 Å². The largest absolute Gasteiger partial charge is 0.355 e. The highest BCUT2D eigenvalue weighted by atomic mass is 14.7. The van der Waals surface area contributed by atoms with Gasteiger partial charge in [0, 0.05) is 16.5 Å². The summed E-state index contributed by atoms with van der Waals surface area (Å²) in [7, 11) is 0. The molecule has 1 nitrogen and oxygen atoms in total. The topological polar surface area (TPSA) is 15.8 Å². The van der Waals surface area contributed by atoms with Gasteiger partial charge < -0.3 is 4.98 Å². The van der Waals surface area contributed by atoms with Crippen molar-refractivity contribution in [2.75, 3.05) is 0 Å². The van der Waals surface area contributed by atoms with Crippen LogP contribution >= 0.6 is 0 Å². The lowest BCUT2D eigenvalue weighted by Gasteiger charge is -2.12. The van der Waals surface area contributed by atoms with Crippen molar-refractivity contribution in [2.45, 2.75) is 20.8 Å². The predicted molar refractivity (Wildman–Crippen MR) is 75.9 cm³/mol. The third-order valence-electron chi connectivity index (χ3n) is 3.07. The van der Waals surface area contributed by atoms with E-state index in [1.54, 1.807) is 6.08 Å². The summed E-state index contributed by atoms with van der Waals surface area (Å²) in [5, 5.41) is 2.50. The van der Waals surface area contributed by atoms with Gasteiger partial charge >= 0.3 is 0 Å². The zero-order valence-electron chi connectivity index (χ0n) is 10.7. The molecule has 1 aliphatic rings. The van der Waals surface area contributed by atoms with Crippen LogP contribution in [0.5, 0.6) is 0 Å². The van der Waals surface area contributed by atoms with Gasteiger partial charge in [-0.15, -0.1) is 0 Å². The molecule has 0 amide bonds. The van der Waals surface area contributed by atoms with Crippen LogP contribution in [0.2, 0.25) is 0 Å². The summed E-state index contributed by atoms with van der Waals surface area (Å²) in [6, 6.07) is 0. The van der Waals surface area contributed by atoms with Crippen LogP contribution in [-0.2, 0) is 0 Å². The summed E-state index contributed by atoms with van der Waals surface area (Å²) in [4.78, 5) is 3.44. The number of H-pyrrole nitrogens is 1. The second-order valence-corrected chi connectivity index (χ2v) is 5.08. The first-order chi connectivity index (χ1) is 8.03. The van der Waals surface area contributed by atoms with Gasteiger partial charge in [-0.3, -0.25) is 0 Å². The molecule has 0 aliphatic heterocycles. The third-order valence-corrected chi connectivity index (χ3v) is 3.07. The molecule has 1 aromatic rings. The first-order valence-electron chi connectivity index (χ1n) is 5.93. The molecule has 88 valence electrons. The molecule has 1 N–H and O–H groups in total. The Labute approximate surface area is 103 Å². The zero-order chi connectivity index (χ0) is 12.5. The predicted octanol–water partition coefficient (Wildman–Crippen LogP) is 2.68. The van der Waals surface area contributed by atoms with E-state index in [0.717, 1.165) is 5.69 Å². The average molecular weight is 225 g/mol. The van der Waals surface area contributed by atoms with Crippen molar-refractivity contribution in [3.05, 3.63) is 52.7 Å². The van der Waals surface area contributed by atoms with E-state index in [-0.39, 0.29) is 5.41 Å². The molecule has 0 atom stereocenters. The van der Waals surface area contributed by atoms with Crippen LogP contribution in [0, 0.1) is 12.3 Å². The van der Waals surface area contributed by atoms with E-state index in [4.69, 9.17) is 0 Å². The molecule has 0 saturated carbocycles. The number of aromatic amines is 1. The number of nitrogens with one attached hydrogen (secondary N) is 1. The van der Waals surface area contributed by atoms with Crippen LogP contribution in [0.25, 0.3) is 18.2 Å². The molecule has 1 heterocycles. The standard InChI is InChI=1S/C16H19N/c1-5-6-8-14-12(2)13-11-16(3,4)10-7-9-15(13)17-14/h5-11,17H,1H2,2-4H3/b8-6-. The fourth-order valence-corrected chi connectivity index (χ4v) is 2.11. The molecule has 17 heavy (non-hydrogen) atoms. The molecule has 1 aliphatic carbocycles. The Bertz CT molecular complexity index is 607. The highest BCUT2D eigenvalue weighted by Gasteiger charge is 2.13. The van der Waals surface area contributed by atoms with Gasteiger partial charge in [-0.1, -0.05) is 50.8 Å². The van der Waals surface area contributed by atoms with Gasteiger partial charge in [-0.25, -0.2) is 0 Å². The van der Waals surface area contributed by atoms with Gasteiger partial charge in [0.25, 0.3) is 0 Å². The first-order valence-corrected chi connectivity index (χ1v) is 5.93. The molecule has 2 rings (SSSR count). The maximum atomic E-state index is 3.70. The molecule has 0 aromatic carbocycles. The maximum Gasteiger partial charge on any atom is 0.0458 e. The molecule has 0 radical (unpaired) electrons. The molecular weight excluding hydrogens is 206 g/mol. The van der Waals surface area contributed by atoms with Gasteiger partial charge in [-0.05, 0) is 29.9 Å². The fourth-order valence-electron chi connectivity index (χ4n) is 2.11. The molecule has 0 bridgehead atoms. The average Bonchev–Trinajstić information content (AvgIpc) is 2.45. The second kappa shape index (κ2) is 4.25. The van der Waals surface area contributed by atoms with Crippen LogP contribution in [0.4, 0.5) is 0 Å². The van der Waals surface area contributed by atoms with Crippen LogP contribution in [-0.4, -0.2) is 4.98 Å². The van der Waals surface area contributed by atoms with Crippen molar-refractivity contribution in [3.63, 3.8) is 0 Å². The molecule has 0 fully saturated rings. The lowest BCUT2D eigenvalue weighted by molar-refractivity contribution is 0.670. The van der Waals surface area contributed by atoms with Crippen LogP contribution < -0.4 is 10.6 Å².